The molecule has 0 bridgehead atoms. The summed E-state index contributed by atoms with van der Waals surface area (Å²) in [6.45, 7) is 3.75. The first kappa shape index (κ1) is 15.5. The zero-order valence-corrected chi connectivity index (χ0v) is 14.7. The van der Waals surface area contributed by atoms with Gasteiger partial charge in [0.25, 0.3) is 5.56 Å². The average Bonchev–Trinajstić information content (AvgIpc) is 3.02. The zero-order valence-electron chi connectivity index (χ0n) is 13.9. The molecular formula is C19H16N4OS. The van der Waals surface area contributed by atoms with E-state index in [2.05, 4.69) is 16.5 Å². The van der Waals surface area contributed by atoms with Gasteiger partial charge < -0.3 is 4.90 Å². The predicted molar refractivity (Wildman–Crippen MR) is 105 cm³/mol. The minimum atomic E-state index is -0.0796. The van der Waals surface area contributed by atoms with Crippen molar-refractivity contribution in [2.45, 2.75) is 0 Å². The Balaban J connectivity index is 2.00. The normalized spacial score (nSPS) is 11.1. The molecule has 0 N–H and O–H groups in total. The molecule has 4 rings (SSSR count). The van der Waals surface area contributed by atoms with E-state index in [4.69, 9.17) is 0 Å². The molecule has 6 heteroatoms. The third-order valence-corrected chi connectivity index (χ3v) is 5.22. The van der Waals surface area contributed by atoms with Crippen molar-refractivity contribution in [3.63, 3.8) is 0 Å². The van der Waals surface area contributed by atoms with Gasteiger partial charge in [-0.15, -0.1) is 11.3 Å². The molecule has 5 nitrogen and oxygen atoms in total. The van der Waals surface area contributed by atoms with Crippen LogP contribution >= 0.6 is 11.3 Å². The van der Waals surface area contributed by atoms with Crippen molar-refractivity contribution in [3.05, 3.63) is 65.4 Å². The summed E-state index contributed by atoms with van der Waals surface area (Å²) in [5.74, 6) is 0. The monoisotopic (exact) mass is 348 g/mol. The highest BCUT2D eigenvalue weighted by atomic mass is 32.1. The van der Waals surface area contributed by atoms with Crippen molar-refractivity contribution in [1.29, 1.82) is 0 Å². The molecule has 0 fully saturated rings. The lowest BCUT2D eigenvalue weighted by Gasteiger charge is -2.13. The maximum Gasteiger partial charge on any atom is 0.275 e. The van der Waals surface area contributed by atoms with Crippen molar-refractivity contribution in [1.82, 2.24) is 14.5 Å². The van der Waals surface area contributed by atoms with Crippen LogP contribution in [0.1, 0.15) is 5.56 Å². The molecule has 0 atom stereocenters. The fourth-order valence-electron chi connectivity index (χ4n) is 2.86. The number of nitrogens with zero attached hydrogens (tertiary/aromatic N) is 4. The summed E-state index contributed by atoms with van der Waals surface area (Å²) in [5, 5.41) is 0.929. The van der Waals surface area contributed by atoms with E-state index in [-0.39, 0.29) is 5.56 Å². The van der Waals surface area contributed by atoms with E-state index < -0.39 is 0 Å². The molecule has 3 aromatic heterocycles. The SMILES string of the molecule is C=Cc1ccc(-n2cnc3c(sc4nccc(N(C)C)c43)c2=O)cc1. The number of hydrogen-bond acceptors (Lipinski definition) is 5. The van der Waals surface area contributed by atoms with E-state index in [1.165, 1.54) is 11.3 Å². The lowest BCUT2D eigenvalue weighted by molar-refractivity contribution is 0.967. The highest BCUT2D eigenvalue weighted by molar-refractivity contribution is 7.25. The fourth-order valence-corrected chi connectivity index (χ4v) is 3.91. The van der Waals surface area contributed by atoms with Crippen LogP contribution in [0.3, 0.4) is 0 Å². The third kappa shape index (κ3) is 2.42. The van der Waals surface area contributed by atoms with Gasteiger partial charge in [-0.05, 0) is 23.8 Å². The number of rotatable bonds is 3. The maximum absolute atomic E-state index is 13.0. The number of fused-ring (bicyclic) bond motifs is 3. The van der Waals surface area contributed by atoms with Gasteiger partial charge in [0.2, 0.25) is 0 Å². The minimum absolute atomic E-state index is 0.0796. The van der Waals surface area contributed by atoms with E-state index in [1.54, 1.807) is 23.2 Å². The van der Waals surface area contributed by atoms with E-state index in [9.17, 15) is 4.79 Å². The molecule has 25 heavy (non-hydrogen) atoms. The molecule has 1 aromatic carbocycles. The number of benzene rings is 1. The van der Waals surface area contributed by atoms with Gasteiger partial charge in [-0.2, -0.15) is 0 Å². The summed E-state index contributed by atoms with van der Waals surface area (Å²) in [6.07, 6.45) is 5.13. The van der Waals surface area contributed by atoms with Crippen molar-refractivity contribution < 1.29 is 0 Å². The van der Waals surface area contributed by atoms with Crippen molar-refractivity contribution in [2.75, 3.05) is 19.0 Å². The van der Waals surface area contributed by atoms with Crippen molar-refractivity contribution in [2.24, 2.45) is 0 Å². The fraction of sp³-hybridized carbons (Fsp3) is 0.105. The summed E-state index contributed by atoms with van der Waals surface area (Å²) in [6, 6.07) is 9.58. The van der Waals surface area contributed by atoms with E-state index in [1.807, 2.05) is 49.3 Å². The van der Waals surface area contributed by atoms with Gasteiger partial charge >= 0.3 is 0 Å². The van der Waals surface area contributed by atoms with Crippen LogP contribution in [0.2, 0.25) is 0 Å². The second-order valence-corrected chi connectivity index (χ2v) is 6.90. The van der Waals surface area contributed by atoms with Gasteiger partial charge in [-0.25, -0.2) is 9.97 Å². The quantitative estimate of drug-likeness (QED) is 0.566. The standard InChI is InChI=1S/C19H16N4OS/c1-4-12-5-7-13(8-6-12)23-11-21-16-15-14(22(2)3)9-10-20-18(15)25-17(16)19(23)24/h4-11H,1H2,2-3H3. The van der Waals surface area contributed by atoms with Gasteiger partial charge in [0.15, 0.2) is 0 Å². The summed E-state index contributed by atoms with van der Waals surface area (Å²) in [5.41, 5.74) is 3.43. The van der Waals surface area contributed by atoms with Crippen LogP contribution in [0, 0.1) is 0 Å². The second kappa shape index (κ2) is 5.82. The Morgan fingerprint density at radius 1 is 1.16 bits per heavy atom. The lowest BCUT2D eigenvalue weighted by Crippen LogP contribution is -2.17. The molecule has 0 spiro atoms. The van der Waals surface area contributed by atoms with Crippen molar-refractivity contribution in [3.8, 4) is 5.69 Å². The van der Waals surface area contributed by atoms with Gasteiger partial charge in [0, 0.05) is 20.3 Å². The molecule has 3 heterocycles. The van der Waals surface area contributed by atoms with E-state index >= 15 is 0 Å². The Labute approximate surface area is 148 Å². The average molecular weight is 348 g/mol. The predicted octanol–water partition coefficient (Wildman–Crippen LogP) is 3.70. The number of aromatic nitrogens is 3. The molecule has 4 aromatic rings. The van der Waals surface area contributed by atoms with E-state index in [0.717, 1.165) is 27.2 Å². The Bertz CT molecular complexity index is 1160. The molecule has 124 valence electrons. The van der Waals surface area contributed by atoms with Gasteiger partial charge in [0.05, 0.1) is 22.3 Å². The molecule has 0 saturated heterocycles. The topological polar surface area (TPSA) is 51.0 Å². The molecule has 0 aliphatic carbocycles. The van der Waals surface area contributed by atoms with Crippen LogP contribution in [0.25, 0.3) is 32.2 Å². The second-order valence-electron chi connectivity index (χ2n) is 5.90. The summed E-state index contributed by atoms with van der Waals surface area (Å²) >= 11 is 1.39. The highest BCUT2D eigenvalue weighted by Gasteiger charge is 2.16. The highest BCUT2D eigenvalue weighted by Crippen LogP contribution is 2.35. The number of pyridine rings is 1. The summed E-state index contributed by atoms with van der Waals surface area (Å²) in [4.78, 5) is 24.8. The summed E-state index contributed by atoms with van der Waals surface area (Å²) in [7, 11) is 3.95. The van der Waals surface area contributed by atoms with Crippen molar-refractivity contribution >= 4 is 43.5 Å². The number of hydrogen-bond donors (Lipinski definition) is 0. The molecule has 0 unspecified atom stereocenters. The van der Waals surface area contributed by atoms with Crippen LogP contribution in [-0.4, -0.2) is 28.6 Å². The largest absolute Gasteiger partial charge is 0.377 e. The van der Waals surface area contributed by atoms with Crippen LogP contribution < -0.4 is 10.5 Å². The molecular weight excluding hydrogens is 332 g/mol. The molecule has 0 radical (unpaired) electrons. The molecule has 0 aliphatic rings. The first-order chi connectivity index (χ1) is 12.1. The Kier molecular flexibility index (Phi) is 3.62. The first-order valence-corrected chi connectivity index (χ1v) is 8.61. The van der Waals surface area contributed by atoms with Gasteiger partial charge in [0.1, 0.15) is 15.9 Å². The Morgan fingerprint density at radius 3 is 2.60 bits per heavy atom. The minimum Gasteiger partial charge on any atom is -0.377 e. The Morgan fingerprint density at radius 2 is 1.92 bits per heavy atom. The maximum atomic E-state index is 13.0. The van der Waals surface area contributed by atoms with Crippen LogP contribution in [0.15, 0.2) is 54.2 Å². The third-order valence-electron chi connectivity index (χ3n) is 4.15. The Hall–Kier alpha value is -2.99. The molecule has 0 amide bonds. The molecule has 0 saturated carbocycles. The number of thiophene rings is 1. The lowest BCUT2D eigenvalue weighted by atomic mass is 10.2. The smallest absolute Gasteiger partial charge is 0.275 e. The first-order valence-electron chi connectivity index (χ1n) is 7.79. The van der Waals surface area contributed by atoms with Crippen LogP contribution in [-0.2, 0) is 0 Å². The van der Waals surface area contributed by atoms with Gasteiger partial charge in [-0.1, -0.05) is 24.8 Å². The van der Waals surface area contributed by atoms with Crippen LogP contribution in [0.5, 0.6) is 0 Å². The van der Waals surface area contributed by atoms with Crippen LogP contribution in [0.4, 0.5) is 5.69 Å². The molecule has 0 aliphatic heterocycles. The zero-order chi connectivity index (χ0) is 17.6. The van der Waals surface area contributed by atoms with Gasteiger partial charge in [-0.3, -0.25) is 9.36 Å². The van der Waals surface area contributed by atoms with E-state index in [0.29, 0.717) is 10.2 Å². The summed E-state index contributed by atoms with van der Waals surface area (Å²) < 4.78 is 2.19. The number of anilines is 1.